The Morgan fingerprint density at radius 3 is 2.91 bits per heavy atom. The molecule has 7 nitrogen and oxygen atoms in total. The second-order valence-electron chi connectivity index (χ2n) is 5.52. The Bertz CT molecular complexity index is 762. The summed E-state index contributed by atoms with van der Waals surface area (Å²) in [5, 5.41) is 14.4. The Hall–Kier alpha value is -2.67. The molecular formula is C16H17N5O2. The number of rotatable bonds is 4. The number of piperidine rings is 1. The highest BCUT2D eigenvalue weighted by molar-refractivity contribution is 5.53. The van der Waals surface area contributed by atoms with E-state index in [1.54, 1.807) is 6.26 Å². The highest BCUT2D eigenvalue weighted by Gasteiger charge is 2.22. The van der Waals surface area contributed by atoms with Crippen LogP contribution in [0.5, 0.6) is 0 Å². The third-order valence-corrected chi connectivity index (χ3v) is 3.84. The molecule has 0 bridgehead atoms. The lowest BCUT2D eigenvalue weighted by atomic mass is 10.00. The van der Waals surface area contributed by atoms with Crippen LogP contribution in [0.25, 0.3) is 11.6 Å². The van der Waals surface area contributed by atoms with Gasteiger partial charge in [-0.15, -0.1) is 5.10 Å². The van der Waals surface area contributed by atoms with E-state index in [1.165, 1.54) is 0 Å². The van der Waals surface area contributed by atoms with Gasteiger partial charge in [-0.1, -0.05) is 23.3 Å². The number of hydrogen-bond donors (Lipinski definition) is 2. The van der Waals surface area contributed by atoms with Crippen molar-refractivity contribution < 1.29 is 8.83 Å². The lowest BCUT2D eigenvalue weighted by Gasteiger charge is -2.19. The number of hydrogen-bond acceptors (Lipinski definition) is 7. The van der Waals surface area contributed by atoms with E-state index < -0.39 is 0 Å². The van der Waals surface area contributed by atoms with Gasteiger partial charge in [0.05, 0.1) is 0 Å². The highest BCUT2D eigenvalue weighted by Crippen LogP contribution is 2.26. The minimum Gasteiger partial charge on any atom is -0.448 e. The first kappa shape index (κ1) is 14.0. The lowest BCUT2D eigenvalue weighted by Crippen LogP contribution is -2.28. The molecular weight excluding hydrogens is 294 g/mol. The van der Waals surface area contributed by atoms with Crippen molar-refractivity contribution in [3.63, 3.8) is 0 Å². The van der Waals surface area contributed by atoms with Crippen LogP contribution in [0.2, 0.25) is 0 Å². The van der Waals surface area contributed by atoms with Crippen molar-refractivity contribution in [3.05, 3.63) is 42.5 Å². The third kappa shape index (κ3) is 3.09. The maximum absolute atomic E-state index is 5.60. The fraction of sp³-hybridized carbons (Fsp3) is 0.312. The predicted octanol–water partition coefficient (Wildman–Crippen LogP) is 2.94. The van der Waals surface area contributed by atoms with Crippen molar-refractivity contribution in [1.29, 1.82) is 0 Å². The molecule has 3 heterocycles. The van der Waals surface area contributed by atoms with Crippen molar-refractivity contribution in [2.24, 2.45) is 0 Å². The summed E-state index contributed by atoms with van der Waals surface area (Å²) in [4.78, 5) is 4.49. The van der Waals surface area contributed by atoms with Crippen LogP contribution in [0.15, 0.2) is 45.4 Å². The van der Waals surface area contributed by atoms with Crippen LogP contribution in [0.1, 0.15) is 24.7 Å². The van der Waals surface area contributed by atoms with Crippen molar-refractivity contribution in [2.45, 2.75) is 18.8 Å². The topological polar surface area (TPSA) is 89.0 Å². The second-order valence-corrected chi connectivity index (χ2v) is 5.52. The summed E-state index contributed by atoms with van der Waals surface area (Å²) in [6, 6.07) is 9.99. The standard InChI is InChI=1S/C16H17N5O2/c1-2-6-12(7-3-1)18-16-21-20-15(23-16)13-10-22-14(19-13)11-5-4-8-17-9-11/h1-3,6-7,10-11,17H,4-5,8-9H2,(H,18,21). The van der Waals surface area contributed by atoms with E-state index in [-0.39, 0.29) is 0 Å². The molecule has 2 aromatic heterocycles. The second kappa shape index (κ2) is 6.21. The zero-order valence-electron chi connectivity index (χ0n) is 12.5. The van der Waals surface area contributed by atoms with Gasteiger partial charge in [0.15, 0.2) is 11.6 Å². The molecule has 0 aliphatic carbocycles. The maximum Gasteiger partial charge on any atom is 0.320 e. The molecule has 2 N–H and O–H groups in total. The molecule has 118 valence electrons. The van der Waals surface area contributed by atoms with Crippen LogP contribution >= 0.6 is 0 Å². The van der Waals surface area contributed by atoms with Gasteiger partial charge < -0.3 is 19.5 Å². The molecule has 7 heteroatoms. The first-order valence-electron chi connectivity index (χ1n) is 7.70. The van der Waals surface area contributed by atoms with E-state index >= 15 is 0 Å². The molecule has 1 aliphatic heterocycles. The Balaban J connectivity index is 1.49. The first-order valence-corrected chi connectivity index (χ1v) is 7.70. The van der Waals surface area contributed by atoms with Crippen LogP contribution in [0.3, 0.4) is 0 Å². The number of nitrogens with zero attached hydrogens (tertiary/aromatic N) is 3. The van der Waals surface area contributed by atoms with Crippen LogP contribution < -0.4 is 10.6 Å². The van der Waals surface area contributed by atoms with E-state index in [9.17, 15) is 0 Å². The molecule has 4 rings (SSSR count). The molecule has 1 unspecified atom stereocenters. The Morgan fingerprint density at radius 1 is 1.17 bits per heavy atom. The van der Waals surface area contributed by atoms with Crippen LogP contribution in [-0.4, -0.2) is 28.3 Å². The van der Waals surface area contributed by atoms with Gasteiger partial charge in [-0.3, -0.25) is 0 Å². The number of benzene rings is 1. The quantitative estimate of drug-likeness (QED) is 0.765. The van der Waals surface area contributed by atoms with Gasteiger partial charge in [-0.25, -0.2) is 4.98 Å². The van der Waals surface area contributed by atoms with Crippen molar-refractivity contribution in [3.8, 4) is 11.6 Å². The van der Waals surface area contributed by atoms with E-state index in [0.717, 1.165) is 37.5 Å². The summed E-state index contributed by atoms with van der Waals surface area (Å²) in [7, 11) is 0. The molecule has 1 atom stereocenters. The molecule has 1 aliphatic rings. The van der Waals surface area contributed by atoms with Crippen molar-refractivity contribution >= 4 is 11.7 Å². The van der Waals surface area contributed by atoms with Gasteiger partial charge in [-0.05, 0) is 31.5 Å². The number of aromatic nitrogens is 3. The molecule has 0 amide bonds. The van der Waals surface area contributed by atoms with Crippen LogP contribution in [0.4, 0.5) is 11.7 Å². The molecule has 1 saturated heterocycles. The summed E-state index contributed by atoms with van der Waals surface area (Å²) in [5.74, 6) is 1.38. The molecule has 1 aromatic carbocycles. The van der Waals surface area contributed by atoms with E-state index in [2.05, 4.69) is 25.8 Å². The Labute approximate surface area is 133 Å². The predicted molar refractivity (Wildman–Crippen MR) is 84.4 cm³/mol. The number of para-hydroxylation sites is 1. The lowest BCUT2D eigenvalue weighted by molar-refractivity contribution is 0.376. The summed E-state index contributed by atoms with van der Waals surface area (Å²) in [5.41, 5.74) is 1.45. The van der Waals surface area contributed by atoms with E-state index in [0.29, 0.717) is 23.5 Å². The van der Waals surface area contributed by atoms with Gasteiger partial charge in [0.2, 0.25) is 0 Å². The maximum atomic E-state index is 5.60. The number of nitrogens with one attached hydrogen (secondary N) is 2. The molecule has 0 spiro atoms. The van der Waals surface area contributed by atoms with Crippen molar-refractivity contribution in [1.82, 2.24) is 20.5 Å². The van der Waals surface area contributed by atoms with Gasteiger partial charge in [-0.2, -0.15) is 0 Å². The fourth-order valence-corrected chi connectivity index (χ4v) is 2.66. The average Bonchev–Trinajstić information content (AvgIpc) is 3.26. The highest BCUT2D eigenvalue weighted by atomic mass is 16.4. The van der Waals surface area contributed by atoms with Crippen LogP contribution in [-0.2, 0) is 0 Å². The molecule has 3 aromatic rings. The van der Waals surface area contributed by atoms with Gasteiger partial charge in [0, 0.05) is 18.2 Å². The van der Waals surface area contributed by atoms with E-state index in [1.807, 2.05) is 30.3 Å². The Morgan fingerprint density at radius 2 is 2.09 bits per heavy atom. The Kier molecular flexibility index (Phi) is 3.77. The summed E-state index contributed by atoms with van der Waals surface area (Å²) in [6.45, 7) is 1.95. The largest absolute Gasteiger partial charge is 0.448 e. The van der Waals surface area contributed by atoms with Gasteiger partial charge in [0.25, 0.3) is 5.89 Å². The number of oxazole rings is 1. The smallest absolute Gasteiger partial charge is 0.320 e. The fourth-order valence-electron chi connectivity index (χ4n) is 2.66. The minimum absolute atomic E-state index is 0.308. The van der Waals surface area contributed by atoms with Gasteiger partial charge in [0.1, 0.15) is 6.26 Å². The average molecular weight is 311 g/mol. The molecule has 0 radical (unpaired) electrons. The zero-order chi connectivity index (χ0) is 15.5. The summed E-state index contributed by atoms with van der Waals surface area (Å²) in [6.07, 6.45) is 3.79. The monoisotopic (exact) mass is 311 g/mol. The number of anilines is 2. The SMILES string of the molecule is c1ccc(Nc2nnc(-c3coc(C4CCCNC4)n3)o2)cc1. The molecule has 23 heavy (non-hydrogen) atoms. The van der Waals surface area contributed by atoms with E-state index in [4.69, 9.17) is 8.83 Å². The first-order chi connectivity index (χ1) is 11.4. The summed E-state index contributed by atoms with van der Waals surface area (Å²) >= 11 is 0. The van der Waals surface area contributed by atoms with Crippen molar-refractivity contribution in [2.75, 3.05) is 18.4 Å². The van der Waals surface area contributed by atoms with Crippen LogP contribution in [0, 0.1) is 0 Å². The summed E-state index contributed by atoms with van der Waals surface area (Å²) < 4.78 is 11.2. The minimum atomic E-state index is 0.308. The third-order valence-electron chi connectivity index (χ3n) is 3.84. The zero-order valence-corrected chi connectivity index (χ0v) is 12.5. The van der Waals surface area contributed by atoms with Gasteiger partial charge >= 0.3 is 6.01 Å². The normalized spacial score (nSPS) is 18.0. The molecule has 0 saturated carbocycles. The molecule has 1 fully saturated rings.